The van der Waals surface area contributed by atoms with Crippen molar-refractivity contribution in [3.05, 3.63) is 71.2 Å². The molecule has 0 saturated carbocycles. The third kappa shape index (κ3) is 3.34. The number of carboxylic acids is 1. The summed E-state index contributed by atoms with van der Waals surface area (Å²) in [6.45, 7) is 0. The summed E-state index contributed by atoms with van der Waals surface area (Å²) in [5.74, 6) is -1.08. The lowest BCUT2D eigenvalue weighted by atomic mass is 9.83. The third-order valence-electron chi connectivity index (χ3n) is 3.00. The zero-order valence-corrected chi connectivity index (χ0v) is 10.4. The molecule has 3 nitrogen and oxygen atoms in total. The van der Waals surface area contributed by atoms with Gasteiger partial charge in [0.05, 0.1) is 6.42 Å². The van der Waals surface area contributed by atoms with E-state index in [9.17, 15) is 4.79 Å². The number of allylic oxidation sites excluding steroid dienone is 3. The molecular weight excluding hydrogens is 238 g/mol. The van der Waals surface area contributed by atoms with E-state index in [-0.39, 0.29) is 12.3 Å². The summed E-state index contributed by atoms with van der Waals surface area (Å²) < 4.78 is 0. The molecule has 0 radical (unpaired) electrons. The van der Waals surface area contributed by atoms with Crippen LogP contribution in [0.4, 0.5) is 0 Å². The Balaban J connectivity index is 2.39. The van der Waals surface area contributed by atoms with Gasteiger partial charge in [-0.05, 0) is 17.7 Å². The van der Waals surface area contributed by atoms with Gasteiger partial charge < -0.3 is 10.8 Å². The van der Waals surface area contributed by atoms with E-state index in [0.29, 0.717) is 0 Å². The minimum absolute atomic E-state index is 0.0811. The zero-order chi connectivity index (χ0) is 13.7. The second-order valence-electron chi connectivity index (χ2n) is 4.40. The van der Waals surface area contributed by atoms with E-state index in [2.05, 4.69) is 11.5 Å². The Bertz CT molecular complexity index is 588. The molecule has 0 amide bonds. The van der Waals surface area contributed by atoms with E-state index in [1.165, 1.54) is 0 Å². The van der Waals surface area contributed by atoms with Gasteiger partial charge in [0.15, 0.2) is 0 Å². The molecular formula is C16H15NO2. The monoisotopic (exact) mass is 253 g/mol. The highest BCUT2D eigenvalue weighted by molar-refractivity contribution is 5.68. The molecule has 19 heavy (non-hydrogen) atoms. The Morgan fingerprint density at radius 1 is 1.32 bits per heavy atom. The van der Waals surface area contributed by atoms with E-state index in [1.807, 2.05) is 42.5 Å². The normalized spacial score (nSPS) is 15.9. The molecule has 96 valence electrons. The van der Waals surface area contributed by atoms with Gasteiger partial charge in [-0.2, -0.15) is 0 Å². The Kier molecular flexibility index (Phi) is 4.17. The van der Waals surface area contributed by atoms with Crippen LogP contribution in [0.25, 0.3) is 0 Å². The van der Waals surface area contributed by atoms with Crippen LogP contribution in [-0.2, 0) is 4.79 Å². The summed E-state index contributed by atoms with van der Waals surface area (Å²) in [6, 6.07) is 9.17. The van der Waals surface area contributed by atoms with Crippen molar-refractivity contribution in [2.45, 2.75) is 18.4 Å². The summed E-state index contributed by atoms with van der Waals surface area (Å²) in [5.41, 5.74) is 13.8. The topological polar surface area (TPSA) is 63.3 Å². The predicted molar refractivity (Wildman–Crippen MR) is 73.7 cm³/mol. The smallest absolute Gasteiger partial charge is 0.304 e. The molecule has 1 aliphatic carbocycles. The molecule has 0 aliphatic heterocycles. The summed E-state index contributed by atoms with van der Waals surface area (Å²) in [7, 11) is 0. The first kappa shape index (κ1) is 13.1. The number of carbonyl (C=O) groups is 1. The van der Waals surface area contributed by atoms with E-state index >= 15 is 0 Å². The summed E-state index contributed by atoms with van der Waals surface area (Å²) in [6.07, 6.45) is 5.43. The molecule has 1 aliphatic rings. The van der Waals surface area contributed by atoms with Gasteiger partial charge in [0.25, 0.3) is 0 Å². The number of aliphatic carboxylic acids is 1. The number of hydrogen-bond acceptors (Lipinski definition) is 2. The van der Waals surface area contributed by atoms with Gasteiger partial charge in [-0.3, -0.25) is 4.79 Å². The minimum Gasteiger partial charge on any atom is -0.481 e. The van der Waals surface area contributed by atoms with E-state index in [1.54, 1.807) is 6.08 Å². The van der Waals surface area contributed by atoms with Crippen LogP contribution < -0.4 is 5.73 Å². The fourth-order valence-electron chi connectivity index (χ4n) is 2.19. The molecule has 2 atom stereocenters. The second-order valence-corrected chi connectivity index (χ2v) is 4.40. The van der Waals surface area contributed by atoms with Crippen molar-refractivity contribution in [2.75, 3.05) is 0 Å². The minimum atomic E-state index is -0.895. The van der Waals surface area contributed by atoms with Crippen molar-refractivity contribution >= 4 is 5.97 Å². The van der Waals surface area contributed by atoms with E-state index in [0.717, 1.165) is 11.1 Å². The molecule has 0 bridgehead atoms. The zero-order valence-electron chi connectivity index (χ0n) is 10.4. The molecule has 3 N–H and O–H groups in total. The maximum absolute atomic E-state index is 10.9. The first-order chi connectivity index (χ1) is 9.18. The van der Waals surface area contributed by atoms with Crippen LogP contribution in [-0.4, -0.2) is 17.1 Å². The fourth-order valence-corrected chi connectivity index (χ4v) is 2.19. The number of benzene rings is 1. The van der Waals surface area contributed by atoms with Crippen LogP contribution in [0.1, 0.15) is 17.9 Å². The summed E-state index contributed by atoms with van der Waals surface area (Å²) >= 11 is 0. The first-order valence-corrected chi connectivity index (χ1v) is 6.09. The number of rotatable bonds is 5. The Morgan fingerprint density at radius 2 is 2.05 bits per heavy atom. The van der Waals surface area contributed by atoms with Crippen molar-refractivity contribution in [2.24, 2.45) is 5.73 Å². The van der Waals surface area contributed by atoms with E-state index in [4.69, 9.17) is 10.8 Å². The molecule has 0 fully saturated rings. The standard InChI is InChI=1S/C16H15NO2/c17-14(11-15(18)19)16(12-7-3-1-4-8-12)13-9-5-2-6-10-13/h1-5,7-9,14,16H,11,17H2,(H,18,19)/t14-,16?/m1/s1. The number of carboxylic acid groups (broad SMARTS) is 1. The molecule has 1 unspecified atom stereocenters. The van der Waals surface area contributed by atoms with Crippen molar-refractivity contribution < 1.29 is 9.90 Å². The Hall–Kier alpha value is -2.31. The third-order valence-corrected chi connectivity index (χ3v) is 3.00. The van der Waals surface area contributed by atoms with Gasteiger partial charge in [-0.15, -0.1) is 0 Å². The predicted octanol–water partition coefficient (Wildman–Crippen LogP) is 2.38. The lowest BCUT2D eigenvalue weighted by Gasteiger charge is -2.23. The van der Waals surface area contributed by atoms with Crippen LogP contribution in [0.3, 0.4) is 0 Å². The van der Waals surface area contributed by atoms with Gasteiger partial charge >= 0.3 is 5.97 Å². The molecule has 0 spiro atoms. The molecule has 3 heteroatoms. The van der Waals surface area contributed by atoms with Crippen molar-refractivity contribution in [3.63, 3.8) is 0 Å². The lowest BCUT2D eigenvalue weighted by molar-refractivity contribution is -0.137. The molecule has 1 aromatic rings. The highest BCUT2D eigenvalue weighted by atomic mass is 16.4. The SMILES string of the molecule is N[C@H](CC(=O)O)C(C1=C=C=CC=C1)c1ccccc1. The average molecular weight is 253 g/mol. The fraction of sp³-hybridized carbons (Fsp3) is 0.188. The first-order valence-electron chi connectivity index (χ1n) is 6.09. The molecule has 0 saturated heterocycles. The van der Waals surface area contributed by atoms with Crippen molar-refractivity contribution in [1.29, 1.82) is 0 Å². The van der Waals surface area contributed by atoms with Crippen LogP contribution >= 0.6 is 0 Å². The highest BCUT2D eigenvalue weighted by Crippen LogP contribution is 2.29. The van der Waals surface area contributed by atoms with Crippen LogP contribution in [0.2, 0.25) is 0 Å². The van der Waals surface area contributed by atoms with Gasteiger partial charge in [-0.25, -0.2) is 0 Å². The largest absolute Gasteiger partial charge is 0.481 e. The van der Waals surface area contributed by atoms with Gasteiger partial charge in [-0.1, -0.05) is 47.9 Å². The van der Waals surface area contributed by atoms with Gasteiger partial charge in [0.2, 0.25) is 0 Å². The van der Waals surface area contributed by atoms with Crippen molar-refractivity contribution in [3.8, 4) is 0 Å². The maximum Gasteiger partial charge on any atom is 0.304 e. The second kappa shape index (κ2) is 6.03. The highest BCUT2D eigenvalue weighted by Gasteiger charge is 2.25. The molecule has 0 heterocycles. The van der Waals surface area contributed by atoms with E-state index < -0.39 is 12.0 Å². The average Bonchev–Trinajstić information content (AvgIpc) is 2.40. The molecule has 0 aromatic heterocycles. The van der Waals surface area contributed by atoms with Crippen LogP contribution in [0, 0.1) is 0 Å². The summed E-state index contributed by atoms with van der Waals surface area (Å²) in [5, 5.41) is 8.93. The quantitative estimate of drug-likeness (QED) is 0.792. The maximum atomic E-state index is 10.9. The Morgan fingerprint density at radius 3 is 2.63 bits per heavy atom. The van der Waals surface area contributed by atoms with Crippen molar-refractivity contribution in [1.82, 2.24) is 0 Å². The molecule has 2 rings (SSSR count). The van der Waals surface area contributed by atoms with Crippen LogP contribution in [0.5, 0.6) is 0 Å². The molecule has 1 aromatic carbocycles. The lowest BCUT2D eigenvalue weighted by Crippen LogP contribution is -2.32. The Labute approximate surface area is 112 Å². The van der Waals surface area contributed by atoms with Crippen LogP contribution in [0.15, 0.2) is 65.6 Å². The van der Waals surface area contributed by atoms with Gasteiger partial charge in [0, 0.05) is 17.5 Å². The number of nitrogens with two attached hydrogens (primary N) is 1. The van der Waals surface area contributed by atoms with Gasteiger partial charge in [0.1, 0.15) is 0 Å². The summed E-state index contributed by atoms with van der Waals surface area (Å²) in [4.78, 5) is 10.9. The number of hydrogen-bond donors (Lipinski definition) is 2.